The van der Waals surface area contributed by atoms with E-state index in [1.807, 2.05) is 6.07 Å². The molecule has 0 spiro atoms. The number of hydrogen-bond donors (Lipinski definition) is 0. The van der Waals surface area contributed by atoms with Crippen LogP contribution in [0.3, 0.4) is 0 Å². The fraction of sp³-hybridized carbons (Fsp3) is 0.500. The molecule has 1 aromatic carbocycles. The van der Waals surface area contributed by atoms with Crippen LogP contribution in [0, 0.1) is 0 Å². The lowest BCUT2D eigenvalue weighted by atomic mass is 10.0. The summed E-state index contributed by atoms with van der Waals surface area (Å²) < 4.78 is 0. The van der Waals surface area contributed by atoms with Gasteiger partial charge in [0.15, 0.2) is 0 Å². The first-order chi connectivity index (χ1) is 6.27. The molecule has 0 radical (unpaired) electrons. The van der Waals surface area contributed by atoms with Crippen molar-refractivity contribution in [2.75, 3.05) is 0 Å². The van der Waals surface area contributed by atoms with E-state index in [9.17, 15) is 0 Å². The molecule has 1 aromatic rings. The minimum absolute atomic E-state index is 0.918. The summed E-state index contributed by atoms with van der Waals surface area (Å²) in [5.41, 5.74) is 2.71. The van der Waals surface area contributed by atoms with E-state index in [-0.39, 0.29) is 0 Å². The van der Waals surface area contributed by atoms with E-state index in [1.54, 1.807) is 0 Å². The lowest BCUT2D eigenvalue weighted by Gasteiger charge is -2.05. The van der Waals surface area contributed by atoms with Gasteiger partial charge >= 0.3 is 0 Å². The Morgan fingerprint density at radius 2 is 1.77 bits per heavy atom. The zero-order valence-electron chi connectivity index (χ0n) is 8.44. The third kappa shape index (κ3) is 3.04. The van der Waals surface area contributed by atoms with Gasteiger partial charge in [0.25, 0.3) is 0 Å². The quantitative estimate of drug-likeness (QED) is 0.676. The third-order valence-electron chi connectivity index (χ3n) is 2.17. The topological polar surface area (TPSA) is 0 Å². The van der Waals surface area contributed by atoms with Gasteiger partial charge in [0.05, 0.1) is 0 Å². The van der Waals surface area contributed by atoms with Gasteiger partial charge in [-0.05, 0) is 30.0 Å². The van der Waals surface area contributed by atoms with Crippen molar-refractivity contribution in [1.82, 2.24) is 0 Å². The Balaban J connectivity index is 2.83. The molecule has 0 amide bonds. The number of rotatable bonds is 4. The van der Waals surface area contributed by atoms with Crippen molar-refractivity contribution in [1.29, 1.82) is 0 Å². The van der Waals surface area contributed by atoms with Crippen LogP contribution in [0.25, 0.3) is 0 Å². The maximum absolute atomic E-state index is 6.08. The molecule has 0 aliphatic carbocycles. The van der Waals surface area contributed by atoms with E-state index in [4.69, 9.17) is 11.6 Å². The average molecular weight is 197 g/mol. The molecule has 1 heteroatoms. The zero-order chi connectivity index (χ0) is 9.68. The summed E-state index contributed by atoms with van der Waals surface area (Å²) in [5.74, 6) is 0. The van der Waals surface area contributed by atoms with Crippen molar-refractivity contribution < 1.29 is 0 Å². The molecule has 13 heavy (non-hydrogen) atoms. The Bertz CT molecular complexity index is 266. The third-order valence-corrected chi connectivity index (χ3v) is 2.54. The molecule has 0 N–H and O–H groups in total. The van der Waals surface area contributed by atoms with Crippen LogP contribution in [0.4, 0.5) is 0 Å². The molecule has 0 aromatic heterocycles. The first-order valence-corrected chi connectivity index (χ1v) is 5.43. The number of aryl methyl sites for hydroxylation is 2. The molecule has 0 bridgehead atoms. The molecule has 72 valence electrons. The molecule has 0 unspecified atom stereocenters. The minimum Gasteiger partial charge on any atom is -0.0840 e. The van der Waals surface area contributed by atoms with Gasteiger partial charge in [0.1, 0.15) is 0 Å². The Labute approximate surface area is 85.9 Å². The van der Waals surface area contributed by atoms with Crippen LogP contribution >= 0.6 is 11.6 Å². The average Bonchev–Trinajstić information content (AvgIpc) is 2.12. The van der Waals surface area contributed by atoms with Gasteiger partial charge in [-0.3, -0.25) is 0 Å². The summed E-state index contributed by atoms with van der Waals surface area (Å²) in [4.78, 5) is 0. The molecule has 0 aliphatic heterocycles. The van der Waals surface area contributed by atoms with Gasteiger partial charge in [-0.25, -0.2) is 0 Å². The van der Waals surface area contributed by atoms with Crippen molar-refractivity contribution >= 4 is 11.6 Å². The SMILES string of the molecule is CCCc1ccc(Cl)c(CCC)c1. The van der Waals surface area contributed by atoms with Crippen LogP contribution in [0.5, 0.6) is 0 Å². The molecule has 0 saturated heterocycles. The summed E-state index contributed by atoms with van der Waals surface area (Å²) in [6, 6.07) is 6.40. The lowest BCUT2D eigenvalue weighted by Crippen LogP contribution is -1.89. The number of hydrogen-bond acceptors (Lipinski definition) is 0. The highest BCUT2D eigenvalue weighted by atomic mass is 35.5. The zero-order valence-corrected chi connectivity index (χ0v) is 9.19. The van der Waals surface area contributed by atoms with E-state index in [0.29, 0.717) is 0 Å². The van der Waals surface area contributed by atoms with Crippen LogP contribution in [-0.2, 0) is 12.8 Å². The van der Waals surface area contributed by atoms with Crippen LogP contribution in [-0.4, -0.2) is 0 Å². The van der Waals surface area contributed by atoms with Crippen molar-refractivity contribution in [2.24, 2.45) is 0 Å². The molecule has 0 nitrogen and oxygen atoms in total. The van der Waals surface area contributed by atoms with Crippen molar-refractivity contribution in [3.05, 3.63) is 34.3 Å². The molecule has 0 atom stereocenters. The smallest absolute Gasteiger partial charge is 0.0438 e. The van der Waals surface area contributed by atoms with Crippen LogP contribution in [0.2, 0.25) is 5.02 Å². The van der Waals surface area contributed by atoms with Crippen LogP contribution < -0.4 is 0 Å². The predicted molar refractivity (Wildman–Crippen MR) is 59.4 cm³/mol. The first kappa shape index (κ1) is 10.6. The van der Waals surface area contributed by atoms with Gasteiger partial charge in [-0.15, -0.1) is 0 Å². The highest BCUT2D eigenvalue weighted by Gasteiger charge is 2.00. The molecule has 0 aliphatic rings. The molecule has 0 fully saturated rings. The molecule has 0 saturated carbocycles. The highest BCUT2D eigenvalue weighted by molar-refractivity contribution is 6.31. The molecule has 1 rings (SSSR count). The largest absolute Gasteiger partial charge is 0.0840 e. The monoisotopic (exact) mass is 196 g/mol. The molecular weight excluding hydrogens is 180 g/mol. The Morgan fingerprint density at radius 3 is 2.38 bits per heavy atom. The predicted octanol–water partition coefficient (Wildman–Crippen LogP) is 4.25. The van der Waals surface area contributed by atoms with Gasteiger partial charge in [0, 0.05) is 5.02 Å². The highest BCUT2D eigenvalue weighted by Crippen LogP contribution is 2.19. The maximum atomic E-state index is 6.08. The van der Waals surface area contributed by atoms with Gasteiger partial charge in [-0.2, -0.15) is 0 Å². The standard InChI is InChI=1S/C12H17Cl/c1-3-5-10-7-8-12(13)11(9-10)6-4-2/h7-9H,3-6H2,1-2H3. The molecular formula is C12H17Cl. The van der Waals surface area contributed by atoms with Crippen molar-refractivity contribution in [2.45, 2.75) is 39.5 Å². The maximum Gasteiger partial charge on any atom is 0.0438 e. The summed E-state index contributed by atoms with van der Waals surface area (Å²) in [5, 5.41) is 0.918. The van der Waals surface area contributed by atoms with Gasteiger partial charge < -0.3 is 0 Å². The second-order valence-electron chi connectivity index (χ2n) is 3.43. The fourth-order valence-electron chi connectivity index (χ4n) is 1.53. The summed E-state index contributed by atoms with van der Waals surface area (Å²) in [6.45, 7) is 4.39. The van der Waals surface area contributed by atoms with E-state index in [2.05, 4.69) is 26.0 Å². The van der Waals surface area contributed by atoms with Crippen LogP contribution in [0.1, 0.15) is 37.8 Å². The summed E-state index contributed by atoms with van der Waals surface area (Å²) in [6.07, 6.45) is 4.62. The first-order valence-electron chi connectivity index (χ1n) is 5.05. The van der Waals surface area contributed by atoms with Gasteiger partial charge in [-0.1, -0.05) is 50.4 Å². The fourth-order valence-corrected chi connectivity index (χ4v) is 1.75. The summed E-state index contributed by atoms with van der Waals surface area (Å²) >= 11 is 6.08. The second kappa shape index (κ2) is 5.29. The summed E-state index contributed by atoms with van der Waals surface area (Å²) in [7, 11) is 0. The van der Waals surface area contributed by atoms with Gasteiger partial charge in [0.2, 0.25) is 0 Å². The molecule has 0 heterocycles. The van der Waals surface area contributed by atoms with E-state index < -0.39 is 0 Å². The Kier molecular flexibility index (Phi) is 4.31. The van der Waals surface area contributed by atoms with E-state index in [0.717, 1.165) is 24.3 Å². The van der Waals surface area contributed by atoms with Crippen LogP contribution in [0.15, 0.2) is 18.2 Å². The number of benzene rings is 1. The van der Waals surface area contributed by atoms with Crippen molar-refractivity contribution in [3.63, 3.8) is 0 Å². The van der Waals surface area contributed by atoms with E-state index in [1.165, 1.54) is 17.5 Å². The Hall–Kier alpha value is -0.490. The van der Waals surface area contributed by atoms with E-state index >= 15 is 0 Å². The number of halogens is 1. The second-order valence-corrected chi connectivity index (χ2v) is 3.83. The Morgan fingerprint density at radius 1 is 1.08 bits per heavy atom. The lowest BCUT2D eigenvalue weighted by molar-refractivity contribution is 0.895. The normalized spacial score (nSPS) is 10.4. The minimum atomic E-state index is 0.918. The van der Waals surface area contributed by atoms with Crippen molar-refractivity contribution in [3.8, 4) is 0 Å².